The van der Waals surface area contributed by atoms with Crippen molar-refractivity contribution in [3.63, 3.8) is 0 Å². The quantitative estimate of drug-likeness (QED) is 0.135. The van der Waals surface area contributed by atoms with E-state index in [0.717, 1.165) is 0 Å². The minimum Gasteiger partial charge on any atom is -0.786 e. The first-order chi connectivity index (χ1) is 10.0. The van der Waals surface area contributed by atoms with Gasteiger partial charge in [0.05, 0.1) is 0 Å². The third kappa shape index (κ3) is 2220. The molecule has 0 aliphatic carbocycles. The second-order valence-electron chi connectivity index (χ2n) is 2.15. The average molecular weight is 639 g/mol. The monoisotopic (exact) mass is 639 g/mol. The largest absolute Gasteiger partial charge is 5.00 e. The Labute approximate surface area is 225 Å². The first-order valence-electron chi connectivity index (χ1n) is 3.58. The molecule has 0 rings (SSSR count). The van der Waals surface area contributed by atoms with Crippen molar-refractivity contribution in [3.05, 3.63) is 0 Å². The summed E-state index contributed by atoms with van der Waals surface area (Å²) in [6.45, 7) is 0. The molecule has 0 saturated heterocycles. The molecule has 0 N–H and O–H groups in total. The summed E-state index contributed by atoms with van der Waals surface area (Å²) in [6.07, 6.45) is 0. The molecule has 0 aliphatic rings. The summed E-state index contributed by atoms with van der Waals surface area (Å²) in [5.74, 6) is 0. The minimum absolute atomic E-state index is 0. The molecule has 0 aromatic carbocycles. The molecule has 0 unspecified atom stereocenters. The van der Waals surface area contributed by atoms with Crippen LogP contribution in [0.4, 0.5) is 21.0 Å². The van der Waals surface area contributed by atoms with E-state index in [1.807, 2.05) is 0 Å². The maximum absolute atomic E-state index is 10.1. The molecule has 163 valence electrons. The minimum atomic E-state index is -5.64. The maximum Gasteiger partial charge on any atom is 5.00 e. The van der Waals surface area contributed by atoms with E-state index in [1.165, 1.54) is 0 Å². The number of halogens is 5. The van der Waals surface area contributed by atoms with Gasteiger partial charge in [-0.15, -0.1) is 0 Å². The molecule has 0 bridgehead atoms. The zero-order chi connectivity index (χ0) is 22.5. The summed E-state index contributed by atoms with van der Waals surface area (Å²) in [6, 6.07) is 0. The first-order valence-corrected chi connectivity index (χ1v) is 10.8. The Bertz CT molecular complexity index is 404. The summed E-state index contributed by atoms with van der Waals surface area (Å²) < 4.78 is 92.8. The van der Waals surface area contributed by atoms with Gasteiger partial charge in [0.2, 0.25) is 0 Å². The van der Waals surface area contributed by atoms with Crippen LogP contribution in [0.2, 0.25) is 0 Å². The van der Waals surface area contributed by atoms with Gasteiger partial charge in [0, 0.05) is 0 Å². The van der Waals surface area contributed by atoms with Crippen molar-refractivity contribution in [2.24, 2.45) is 0 Å². The predicted molar refractivity (Wildman–Crippen MR) is 43.6 cm³/mol. The number of hydrogen-bond acceptors (Lipinski definition) is 15. The molecule has 29 heavy (non-hydrogen) atoms. The van der Waals surface area contributed by atoms with Gasteiger partial charge in [-0.05, 0) is 0 Å². The first kappa shape index (κ1) is 58.4. The Morgan fingerprint density at radius 2 is 0.379 bits per heavy atom. The zero-order valence-electron chi connectivity index (χ0n) is 13.1. The van der Waals surface area contributed by atoms with Crippen LogP contribution in [-0.2, 0) is 58.7 Å². The average Bonchev–Trinajstić information content (AvgIpc) is 1.79. The smallest absolute Gasteiger partial charge is 0.786 e. The van der Waals surface area contributed by atoms with Crippen LogP contribution in [0.5, 0.6) is 0 Å². The van der Waals surface area contributed by atoms with Gasteiger partial charge in [0.25, 0.3) is 0 Å². The molecule has 0 aliphatic heterocycles. The van der Waals surface area contributed by atoms with Crippen LogP contribution in [0, 0.1) is 0 Å². The maximum atomic E-state index is 10.1. The van der Waals surface area contributed by atoms with Gasteiger partial charge in [-0.2, -0.15) is 0 Å². The molecule has 0 spiro atoms. The second kappa shape index (κ2) is 26.1. The van der Waals surface area contributed by atoms with Crippen molar-refractivity contribution < 1.29 is 188 Å². The van der Waals surface area contributed by atoms with E-state index >= 15 is 0 Å². The Hall–Kier alpha value is 3.52. The van der Waals surface area contributed by atoms with Crippen LogP contribution in [0.15, 0.2) is 0 Å². The van der Waals surface area contributed by atoms with Crippen molar-refractivity contribution in [2.45, 2.75) is 0 Å². The van der Waals surface area contributed by atoms with Crippen LogP contribution in [0.1, 0.15) is 0 Å². The van der Waals surface area contributed by atoms with E-state index in [1.54, 1.807) is 0 Å². The third-order valence-corrected chi connectivity index (χ3v) is 0. The summed E-state index contributed by atoms with van der Waals surface area (Å²) in [5, 5.41) is 0. The fraction of sp³-hybridized carbons (Fsp3) is 0. The topological polar surface area (TPSA) is 316 Å². The number of rotatable bonds is 0. The van der Waals surface area contributed by atoms with Crippen LogP contribution >= 0.6 is 39.5 Å². The normalized spacial score (nSPS) is 10.2. The Balaban J connectivity index is -0.0000000238. The zero-order valence-corrected chi connectivity index (χ0v) is 24.2. The van der Waals surface area contributed by atoms with Crippen molar-refractivity contribution >= 4 is 39.5 Å². The van der Waals surface area contributed by atoms with Crippen molar-refractivity contribution in [2.75, 3.05) is 0 Å². The van der Waals surface area contributed by atoms with Gasteiger partial charge in [0.15, 0.2) is 0 Å². The van der Waals surface area contributed by atoms with Crippen LogP contribution in [0.3, 0.4) is 0 Å². The van der Waals surface area contributed by atoms with Gasteiger partial charge in [-0.1, -0.05) is 0 Å². The summed E-state index contributed by atoms with van der Waals surface area (Å²) in [4.78, 5) is 84.4. The van der Waals surface area contributed by atoms with Gasteiger partial charge in [-0.3, -0.25) is 0 Å². The summed E-state index contributed by atoms with van der Waals surface area (Å²) in [7, 11) is -28.2. The second-order valence-corrected chi connectivity index (χ2v) is 6.46. The molecule has 15 nitrogen and oxygen atoms in total. The molecule has 0 amide bonds. The van der Waals surface area contributed by atoms with E-state index in [9.17, 15) is 21.0 Å². The van der Waals surface area contributed by atoms with E-state index in [0.29, 0.717) is 0 Å². The molecule has 0 aromatic heterocycles. The van der Waals surface area contributed by atoms with Gasteiger partial charge >= 0.3 is 95.0 Å². The van der Waals surface area contributed by atoms with E-state index in [-0.39, 0.29) is 95.0 Å². The molecular formula is CrF5Na2O15P5V. The molecule has 0 heterocycles. The van der Waals surface area contributed by atoms with Crippen LogP contribution in [-0.4, -0.2) is 0 Å². The SMILES string of the molecule is O=P([O-])([O-])F.O=P([O-])([O-])F.O=P([O-])([O-])F.O=P([O-])([O-])F.O=P([O-])([O-])F.[Cr+3].[Na+].[Na+].[V+5]. The molecule has 0 atom stereocenters. The van der Waals surface area contributed by atoms with Gasteiger partial charge in [0.1, 0.15) is 39.5 Å². The third-order valence-electron chi connectivity index (χ3n) is 0. The molecule has 29 heteroatoms. The van der Waals surface area contributed by atoms with Crippen molar-refractivity contribution in [1.29, 1.82) is 0 Å². The molecule has 1 radical (unpaired) electrons. The Morgan fingerprint density at radius 1 is 0.379 bits per heavy atom. The van der Waals surface area contributed by atoms with Gasteiger partial charge in [-0.25, -0.2) is 21.0 Å². The molecule has 0 fully saturated rings. The molecule has 0 aromatic rings. The van der Waals surface area contributed by atoms with Gasteiger partial charge < -0.3 is 71.8 Å². The predicted octanol–water partition coefficient (Wildman–Crippen LogP) is -12.1. The summed E-state index contributed by atoms with van der Waals surface area (Å²) >= 11 is 0. The van der Waals surface area contributed by atoms with Crippen molar-refractivity contribution in [3.8, 4) is 0 Å². The Morgan fingerprint density at radius 3 is 0.379 bits per heavy atom. The fourth-order valence-electron chi connectivity index (χ4n) is 0. The standard InChI is InChI=1S/Cr.5FH2O3P.2Na.V/c;5*1-5(2,3)4;;;/h;5*(H2,2,3,4);;;/q+3;;;;;;2*+1;+5/p-10. The van der Waals surface area contributed by atoms with E-state index < -0.39 is 39.5 Å². The number of hydrogen-bond donors (Lipinski definition) is 0. The van der Waals surface area contributed by atoms with E-state index in [4.69, 9.17) is 71.8 Å². The fourth-order valence-corrected chi connectivity index (χ4v) is 0. The summed E-state index contributed by atoms with van der Waals surface area (Å²) in [5.41, 5.74) is 0. The van der Waals surface area contributed by atoms with Crippen molar-refractivity contribution in [1.82, 2.24) is 0 Å². The van der Waals surface area contributed by atoms with E-state index in [2.05, 4.69) is 0 Å². The molecular weight excluding hydrogens is 639 g/mol. The Kier molecular flexibility index (Phi) is 52.6. The van der Waals surface area contributed by atoms with Crippen LogP contribution < -0.4 is 108 Å². The van der Waals surface area contributed by atoms with Crippen LogP contribution in [0.25, 0.3) is 0 Å². The molecule has 0 saturated carbocycles.